The van der Waals surface area contributed by atoms with Crippen LogP contribution < -0.4 is 5.32 Å². The first-order valence-corrected chi connectivity index (χ1v) is 5.48. The van der Waals surface area contributed by atoms with E-state index in [2.05, 4.69) is 5.32 Å². The molecule has 0 aliphatic carbocycles. The number of nitrogens with one attached hydrogen (secondary N) is 1. The third-order valence-electron chi connectivity index (χ3n) is 2.32. The second-order valence-electron chi connectivity index (χ2n) is 3.75. The molecule has 0 aromatic heterocycles. The van der Waals surface area contributed by atoms with Crippen molar-refractivity contribution < 1.29 is 17.9 Å². The fourth-order valence-electron chi connectivity index (χ4n) is 1.44. The number of hydrogen-bond donors (Lipinski definition) is 1. The van der Waals surface area contributed by atoms with Gasteiger partial charge in [-0.05, 0) is 37.1 Å². The van der Waals surface area contributed by atoms with Gasteiger partial charge < -0.3 is 10.1 Å². The summed E-state index contributed by atoms with van der Waals surface area (Å²) in [5.74, 6) is -3.73. The zero-order valence-corrected chi connectivity index (χ0v) is 9.73. The Bertz CT molecular complexity index is 335. The van der Waals surface area contributed by atoms with Crippen LogP contribution in [0.25, 0.3) is 0 Å². The van der Waals surface area contributed by atoms with Gasteiger partial charge in [-0.1, -0.05) is 0 Å². The fourth-order valence-corrected chi connectivity index (χ4v) is 1.44. The van der Waals surface area contributed by atoms with Gasteiger partial charge in [-0.3, -0.25) is 0 Å². The number of methoxy groups -OCH3 is 1. The van der Waals surface area contributed by atoms with E-state index in [4.69, 9.17) is 4.74 Å². The molecule has 1 rings (SSSR count). The van der Waals surface area contributed by atoms with Gasteiger partial charge in [-0.15, -0.1) is 0 Å². The lowest BCUT2D eigenvalue weighted by Crippen LogP contribution is -2.15. The highest BCUT2D eigenvalue weighted by molar-refractivity contribution is 5.19. The highest BCUT2D eigenvalue weighted by Crippen LogP contribution is 2.13. The molecule has 0 radical (unpaired) electrons. The van der Waals surface area contributed by atoms with Crippen LogP contribution in [0.15, 0.2) is 12.1 Å². The third-order valence-corrected chi connectivity index (χ3v) is 2.32. The highest BCUT2D eigenvalue weighted by Gasteiger charge is 2.09. The number of halogens is 3. The van der Waals surface area contributed by atoms with Crippen LogP contribution in [-0.2, 0) is 11.3 Å². The van der Waals surface area contributed by atoms with Crippen LogP contribution >= 0.6 is 0 Å². The van der Waals surface area contributed by atoms with E-state index < -0.39 is 17.5 Å². The van der Waals surface area contributed by atoms with Gasteiger partial charge in [0.1, 0.15) is 0 Å². The topological polar surface area (TPSA) is 21.3 Å². The fraction of sp³-hybridized carbons (Fsp3) is 0.500. The first-order valence-electron chi connectivity index (χ1n) is 5.48. The number of benzene rings is 1. The third kappa shape index (κ3) is 4.75. The zero-order chi connectivity index (χ0) is 12.7. The summed E-state index contributed by atoms with van der Waals surface area (Å²) in [5.41, 5.74) is 0.396. The van der Waals surface area contributed by atoms with Crippen molar-refractivity contribution in [3.63, 3.8) is 0 Å². The first-order chi connectivity index (χ1) is 8.15. The van der Waals surface area contributed by atoms with Crippen molar-refractivity contribution in [2.45, 2.75) is 19.4 Å². The van der Waals surface area contributed by atoms with E-state index in [-0.39, 0.29) is 0 Å². The molecule has 0 heterocycles. The maximum absolute atomic E-state index is 12.9. The first kappa shape index (κ1) is 14.0. The normalized spacial score (nSPS) is 10.8. The van der Waals surface area contributed by atoms with Gasteiger partial charge in [-0.2, -0.15) is 0 Å². The molecule has 0 aliphatic rings. The maximum atomic E-state index is 12.9. The van der Waals surface area contributed by atoms with Crippen LogP contribution in [0, 0.1) is 17.5 Å². The van der Waals surface area contributed by atoms with Gasteiger partial charge in [0.2, 0.25) is 0 Å². The van der Waals surface area contributed by atoms with E-state index in [0.29, 0.717) is 18.7 Å². The summed E-state index contributed by atoms with van der Waals surface area (Å²) in [5, 5.41) is 3.02. The van der Waals surface area contributed by atoms with Crippen molar-refractivity contribution >= 4 is 0 Å². The molecule has 1 aromatic carbocycles. The van der Waals surface area contributed by atoms with E-state index in [0.717, 1.165) is 31.5 Å². The zero-order valence-electron chi connectivity index (χ0n) is 9.73. The molecule has 17 heavy (non-hydrogen) atoms. The smallest absolute Gasteiger partial charge is 0.194 e. The van der Waals surface area contributed by atoms with E-state index in [9.17, 15) is 13.2 Å². The van der Waals surface area contributed by atoms with Crippen LogP contribution in [0.3, 0.4) is 0 Å². The van der Waals surface area contributed by atoms with Crippen molar-refractivity contribution in [1.82, 2.24) is 5.32 Å². The second-order valence-corrected chi connectivity index (χ2v) is 3.75. The molecule has 0 amide bonds. The molecule has 2 nitrogen and oxygen atoms in total. The van der Waals surface area contributed by atoms with Crippen molar-refractivity contribution in [2.24, 2.45) is 0 Å². The molecule has 0 saturated heterocycles. The van der Waals surface area contributed by atoms with Crippen molar-refractivity contribution in [2.75, 3.05) is 20.3 Å². The van der Waals surface area contributed by atoms with Crippen LogP contribution in [-0.4, -0.2) is 20.3 Å². The monoisotopic (exact) mass is 247 g/mol. The minimum Gasteiger partial charge on any atom is -0.385 e. The van der Waals surface area contributed by atoms with Crippen molar-refractivity contribution in [3.05, 3.63) is 35.1 Å². The number of ether oxygens (including phenoxy) is 1. The second kappa shape index (κ2) is 7.29. The summed E-state index contributed by atoms with van der Waals surface area (Å²) in [7, 11) is 1.64. The molecule has 0 saturated carbocycles. The number of unbranched alkanes of at least 4 members (excludes halogenated alkanes) is 1. The number of rotatable bonds is 7. The average molecular weight is 247 g/mol. The maximum Gasteiger partial charge on any atom is 0.194 e. The van der Waals surface area contributed by atoms with Gasteiger partial charge in [0.15, 0.2) is 17.5 Å². The Morgan fingerprint density at radius 3 is 2.35 bits per heavy atom. The molecule has 0 unspecified atom stereocenters. The minimum atomic E-state index is -1.42. The molecule has 1 N–H and O–H groups in total. The predicted octanol–water partition coefficient (Wildman–Crippen LogP) is 2.62. The summed E-state index contributed by atoms with van der Waals surface area (Å²) in [6, 6.07) is 2.00. The van der Waals surface area contributed by atoms with Crippen molar-refractivity contribution in [3.8, 4) is 0 Å². The lowest BCUT2D eigenvalue weighted by molar-refractivity contribution is 0.192. The van der Waals surface area contributed by atoms with Gasteiger partial charge >= 0.3 is 0 Å². The number of hydrogen-bond acceptors (Lipinski definition) is 2. The van der Waals surface area contributed by atoms with Crippen LogP contribution in [0.1, 0.15) is 18.4 Å². The van der Waals surface area contributed by atoms with Gasteiger partial charge in [0, 0.05) is 20.3 Å². The molecular formula is C12H16F3NO. The standard InChI is InChI=1S/C12H16F3NO/c1-17-5-3-2-4-16-8-9-6-10(13)12(15)11(14)7-9/h6-7,16H,2-5,8H2,1H3. The van der Waals surface area contributed by atoms with Crippen molar-refractivity contribution in [1.29, 1.82) is 0 Å². The minimum absolute atomic E-state index is 0.321. The Kier molecular flexibility index (Phi) is 6.00. The Morgan fingerprint density at radius 2 is 1.76 bits per heavy atom. The molecule has 1 aromatic rings. The molecule has 96 valence electrons. The summed E-state index contributed by atoms with van der Waals surface area (Å²) in [6.45, 7) is 1.74. The van der Waals surface area contributed by atoms with Gasteiger partial charge in [0.25, 0.3) is 0 Å². The Balaban J connectivity index is 2.32. The van der Waals surface area contributed by atoms with E-state index in [1.54, 1.807) is 7.11 Å². The summed E-state index contributed by atoms with van der Waals surface area (Å²) in [6.07, 6.45) is 1.84. The summed E-state index contributed by atoms with van der Waals surface area (Å²) < 4.78 is 43.2. The quantitative estimate of drug-likeness (QED) is 0.590. The average Bonchev–Trinajstić information content (AvgIpc) is 2.30. The Morgan fingerprint density at radius 1 is 1.12 bits per heavy atom. The van der Waals surface area contributed by atoms with Crippen LogP contribution in [0.5, 0.6) is 0 Å². The van der Waals surface area contributed by atoms with Crippen LogP contribution in [0.4, 0.5) is 13.2 Å². The summed E-state index contributed by atoms with van der Waals surface area (Å²) in [4.78, 5) is 0. The molecular weight excluding hydrogens is 231 g/mol. The molecule has 0 fully saturated rings. The van der Waals surface area contributed by atoms with E-state index >= 15 is 0 Å². The van der Waals surface area contributed by atoms with Gasteiger partial charge in [0.05, 0.1) is 0 Å². The molecule has 0 bridgehead atoms. The SMILES string of the molecule is COCCCCNCc1cc(F)c(F)c(F)c1. The lowest BCUT2D eigenvalue weighted by atomic mass is 10.2. The Labute approximate surface area is 98.8 Å². The molecule has 0 aliphatic heterocycles. The largest absolute Gasteiger partial charge is 0.385 e. The van der Waals surface area contributed by atoms with E-state index in [1.165, 1.54) is 0 Å². The van der Waals surface area contributed by atoms with E-state index in [1.807, 2.05) is 0 Å². The highest BCUT2D eigenvalue weighted by atomic mass is 19.2. The van der Waals surface area contributed by atoms with Gasteiger partial charge in [-0.25, -0.2) is 13.2 Å². The Hall–Kier alpha value is -1.07. The predicted molar refractivity (Wildman–Crippen MR) is 59.1 cm³/mol. The molecule has 0 atom stereocenters. The lowest BCUT2D eigenvalue weighted by Gasteiger charge is -2.06. The summed E-state index contributed by atoms with van der Waals surface area (Å²) >= 11 is 0. The van der Waals surface area contributed by atoms with Crippen LogP contribution in [0.2, 0.25) is 0 Å². The molecule has 0 spiro atoms. The molecule has 5 heteroatoms.